The fourth-order valence-corrected chi connectivity index (χ4v) is 1.88. The average molecular weight is 312 g/mol. The van der Waals surface area contributed by atoms with E-state index in [2.05, 4.69) is 13.5 Å². The number of carbonyl (C=O) groups excluding carboxylic acids is 1. The monoisotopic (exact) mass is 311 g/mol. The number of aliphatic carboxylic acids is 2. The van der Waals surface area contributed by atoms with Gasteiger partial charge in [0.1, 0.15) is 5.60 Å². The van der Waals surface area contributed by atoms with Crippen molar-refractivity contribution < 1.29 is 29.3 Å². The lowest BCUT2D eigenvalue weighted by atomic mass is 9.82. The largest absolute Gasteiger partial charge is 0.481 e. The van der Waals surface area contributed by atoms with Crippen LogP contribution in [0.2, 0.25) is 0 Å². The van der Waals surface area contributed by atoms with Gasteiger partial charge >= 0.3 is 41.0 Å². The Kier molecular flexibility index (Phi) is 11.2. The standard InChI is InChI=1S/C14H21O6.Mg.2H/c1-4-12(17)20-14(3,5-2)10(13(18)19)8-6-7-9-11(15)16;;;/h4,10H,1-2,5-9H2,3H3,(H,15,16)(H,18,19);;;. The number of unbranched alkanes of at least 4 members (excludes halogenated alkanes) is 1. The molecule has 0 saturated heterocycles. The predicted molar refractivity (Wildman–Crippen MR) is 80.4 cm³/mol. The van der Waals surface area contributed by atoms with Gasteiger partial charge in [-0.15, -0.1) is 0 Å². The first-order chi connectivity index (χ1) is 9.26. The van der Waals surface area contributed by atoms with E-state index in [1.165, 1.54) is 6.92 Å². The Morgan fingerprint density at radius 3 is 2.24 bits per heavy atom. The molecule has 2 N–H and O–H groups in total. The quantitative estimate of drug-likeness (QED) is 0.271. The molecule has 2 atom stereocenters. The molecule has 0 saturated carbocycles. The molecule has 0 spiro atoms. The van der Waals surface area contributed by atoms with Crippen molar-refractivity contribution in [1.82, 2.24) is 0 Å². The van der Waals surface area contributed by atoms with Gasteiger partial charge in [-0.25, -0.2) is 4.79 Å². The van der Waals surface area contributed by atoms with E-state index in [1.54, 1.807) is 0 Å². The molecule has 0 amide bonds. The zero-order valence-electron chi connectivity index (χ0n) is 11.6. The number of hydrogen-bond donors (Lipinski definition) is 2. The second kappa shape index (κ2) is 10.6. The Labute approximate surface area is 140 Å². The van der Waals surface area contributed by atoms with Crippen molar-refractivity contribution in [1.29, 1.82) is 0 Å². The molecule has 2 unspecified atom stereocenters. The molecule has 0 aromatic carbocycles. The second-order valence-electron chi connectivity index (χ2n) is 4.72. The van der Waals surface area contributed by atoms with E-state index in [9.17, 15) is 19.5 Å². The number of esters is 1. The Bertz CT molecular complexity index is 382. The molecule has 21 heavy (non-hydrogen) atoms. The highest BCUT2D eigenvalue weighted by atomic mass is 24.3. The van der Waals surface area contributed by atoms with Crippen molar-refractivity contribution in [3.63, 3.8) is 0 Å². The lowest BCUT2D eigenvalue weighted by molar-refractivity contribution is -0.167. The molecule has 0 aliphatic rings. The van der Waals surface area contributed by atoms with Gasteiger partial charge in [0.25, 0.3) is 0 Å². The van der Waals surface area contributed by atoms with Crippen LogP contribution in [0.1, 0.15) is 39.0 Å². The van der Waals surface area contributed by atoms with Gasteiger partial charge in [-0.05, 0) is 33.1 Å². The lowest BCUT2D eigenvalue weighted by Gasteiger charge is -2.33. The van der Waals surface area contributed by atoms with Crippen LogP contribution in [0.3, 0.4) is 0 Å². The molecule has 7 heteroatoms. The van der Waals surface area contributed by atoms with Crippen LogP contribution >= 0.6 is 0 Å². The number of carboxylic acid groups (broad SMARTS) is 2. The fraction of sp³-hybridized carbons (Fsp3) is 0.571. The molecule has 0 aromatic rings. The van der Waals surface area contributed by atoms with Crippen molar-refractivity contribution in [3.8, 4) is 0 Å². The van der Waals surface area contributed by atoms with E-state index in [1.807, 2.05) is 0 Å². The number of carbonyl (C=O) groups is 3. The maximum Gasteiger partial charge on any atom is 0.330 e. The van der Waals surface area contributed by atoms with E-state index in [0.29, 0.717) is 12.8 Å². The van der Waals surface area contributed by atoms with Gasteiger partial charge in [0.15, 0.2) is 0 Å². The zero-order valence-corrected chi connectivity index (χ0v) is 11.6. The van der Waals surface area contributed by atoms with E-state index in [0.717, 1.165) is 6.08 Å². The highest BCUT2D eigenvalue weighted by Gasteiger charge is 2.40. The van der Waals surface area contributed by atoms with Gasteiger partial charge in [0.05, 0.1) is 5.92 Å². The third kappa shape index (κ3) is 8.06. The zero-order chi connectivity index (χ0) is 15.8. The Balaban J connectivity index is 0. The van der Waals surface area contributed by atoms with Crippen LogP contribution in [0.15, 0.2) is 12.7 Å². The predicted octanol–water partition coefficient (Wildman–Crippen LogP) is 1.13. The molecule has 0 heterocycles. The lowest BCUT2D eigenvalue weighted by Crippen LogP contribution is -2.43. The molecule has 0 aromatic heterocycles. The number of carboxylic acids is 2. The van der Waals surface area contributed by atoms with Crippen LogP contribution in [-0.2, 0) is 19.1 Å². The van der Waals surface area contributed by atoms with Gasteiger partial charge < -0.3 is 14.9 Å². The summed E-state index contributed by atoms with van der Waals surface area (Å²) in [5.74, 6) is -3.65. The molecule has 117 valence electrons. The minimum absolute atomic E-state index is 0. The van der Waals surface area contributed by atoms with E-state index < -0.39 is 29.4 Å². The van der Waals surface area contributed by atoms with Gasteiger partial charge in [0.2, 0.25) is 0 Å². The highest BCUT2D eigenvalue weighted by Crippen LogP contribution is 2.30. The summed E-state index contributed by atoms with van der Waals surface area (Å²) < 4.78 is 5.12. The maximum absolute atomic E-state index is 11.3. The molecular weight excluding hydrogens is 288 g/mol. The van der Waals surface area contributed by atoms with Crippen molar-refractivity contribution in [2.75, 3.05) is 0 Å². The summed E-state index contributed by atoms with van der Waals surface area (Å²) in [6.07, 6.45) is 2.07. The summed E-state index contributed by atoms with van der Waals surface area (Å²) in [4.78, 5) is 33.0. The van der Waals surface area contributed by atoms with Crippen LogP contribution in [0, 0.1) is 12.8 Å². The smallest absolute Gasteiger partial charge is 0.330 e. The summed E-state index contributed by atoms with van der Waals surface area (Å²) in [6, 6.07) is 0. The third-order valence-electron chi connectivity index (χ3n) is 3.17. The SMILES string of the molecule is [CH2]CC(C)(OC(=O)C=C)C(CCCCC(=O)O)C(=O)O.[MgH2]. The van der Waals surface area contributed by atoms with Crippen molar-refractivity contribution in [2.45, 2.75) is 44.6 Å². The number of rotatable bonds is 10. The molecule has 0 rings (SSSR count). The van der Waals surface area contributed by atoms with Gasteiger partial charge in [-0.1, -0.05) is 13.0 Å². The first-order valence-electron chi connectivity index (χ1n) is 6.36. The van der Waals surface area contributed by atoms with Crippen LogP contribution < -0.4 is 0 Å². The van der Waals surface area contributed by atoms with E-state index >= 15 is 0 Å². The molecule has 0 bridgehead atoms. The second-order valence-corrected chi connectivity index (χ2v) is 4.72. The Morgan fingerprint density at radius 2 is 1.86 bits per heavy atom. The molecule has 0 fully saturated rings. The topological polar surface area (TPSA) is 101 Å². The first kappa shape index (κ1) is 22.2. The molecule has 6 nitrogen and oxygen atoms in total. The van der Waals surface area contributed by atoms with Crippen LogP contribution in [0.25, 0.3) is 0 Å². The average Bonchev–Trinajstić information content (AvgIpc) is 2.37. The third-order valence-corrected chi connectivity index (χ3v) is 3.17. The van der Waals surface area contributed by atoms with Gasteiger partial charge in [-0.3, -0.25) is 9.59 Å². The van der Waals surface area contributed by atoms with E-state index in [-0.39, 0.29) is 42.3 Å². The fourth-order valence-electron chi connectivity index (χ4n) is 1.88. The summed E-state index contributed by atoms with van der Waals surface area (Å²) >= 11 is 0. The Morgan fingerprint density at radius 1 is 1.29 bits per heavy atom. The first-order valence-corrected chi connectivity index (χ1v) is 6.36. The number of ether oxygens (including phenoxy) is 1. The molecule has 0 aliphatic heterocycles. The molecular formula is C14H23MgO6. The minimum atomic E-state index is -1.24. The van der Waals surface area contributed by atoms with Crippen molar-refractivity contribution in [3.05, 3.63) is 19.6 Å². The van der Waals surface area contributed by atoms with Crippen LogP contribution in [-0.4, -0.2) is 56.8 Å². The van der Waals surface area contributed by atoms with Crippen LogP contribution in [0.5, 0.6) is 0 Å². The number of hydrogen-bond acceptors (Lipinski definition) is 4. The van der Waals surface area contributed by atoms with Crippen LogP contribution in [0.4, 0.5) is 0 Å². The summed E-state index contributed by atoms with van der Waals surface area (Å²) in [6.45, 7) is 8.42. The van der Waals surface area contributed by atoms with Gasteiger partial charge in [-0.2, -0.15) is 0 Å². The van der Waals surface area contributed by atoms with Gasteiger partial charge in [0, 0.05) is 12.5 Å². The molecule has 0 aliphatic carbocycles. The Hall–Kier alpha value is -1.08. The van der Waals surface area contributed by atoms with Crippen molar-refractivity contribution in [2.24, 2.45) is 5.92 Å². The summed E-state index contributed by atoms with van der Waals surface area (Å²) in [5.41, 5.74) is -1.24. The summed E-state index contributed by atoms with van der Waals surface area (Å²) in [5, 5.41) is 17.8. The minimum Gasteiger partial charge on any atom is -0.481 e. The molecule has 1 radical (unpaired) electrons. The normalized spacial score (nSPS) is 14.2. The van der Waals surface area contributed by atoms with Crippen molar-refractivity contribution >= 4 is 41.0 Å². The summed E-state index contributed by atoms with van der Waals surface area (Å²) in [7, 11) is 0. The highest BCUT2D eigenvalue weighted by molar-refractivity contribution is 5.82. The van der Waals surface area contributed by atoms with E-state index in [4.69, 9.17) is 9.84 Å². The maximum atomic E-state index is 11.3.